The van der Waals surface area contributed by atoms with Gasteiger partial charge in [-0.15, -0.1) is 11.3 Å². The van der Waals surface area contributed by atoms with Crippen LogP contribution >= 0.6 is 11.3 Å². The van der Waals surface area contributed by atoms with Gasteiger partial charge in [-0.2, -0.15) is 0 Å². The Morgan fingerprint density at radius 3 is 2.65 bits per heavy atom. The van der Waals surface area contributed by atoms with E-state index in [4.69, 9.17) is 4.42 Å². The molecule has 1 unspecified atom stereocenters. The molecular formula is C18H20N2O2S. The topological polar surface area (TPSA) is 55.1 Å². The molecule has 0 fully saturated rings. The van der Waals surface area contributed by atoms with Crippen LogP contribution < -0.4 is 5.32 Å². The highest BCUT2D eigenvalue weighted by Crippen LogP contribution is 2.27. The Hall–Kier alpha value is -2.14. The van der Waals surface area contributed by atoms with E-state index < -0.39 is 0 Å². The largest absolute Gasteiger partial charge is 0.466 e. The van der Waals surface area contributed by atoms with E-state index in [1.165, 1.54) is 4.70 Å². The molecule has 1 amide bonds. The predicted molar refractivity (Wildman–Crippen MR) is 93.3 cm³/mol. The lowest BCUT2D eigenvalue weighted by atomic mass is 10.1. The van der Waals surface area contributed by atoms with Gasteiger partial charge in [-0.1, -0.05) is 19.1 Å². The summed E-state index contributed by atoms with van der Waals surface area (Å²) in [6.45, 7) is 8.26. The molecule has 0 saturated carbocycles. The van der Waals surface area contributed by atoms with Gasteiger partial charge in [-0.25, -0.2) is 4.98 Å². The number of nitrogens with zero attached hydrogens (tertiary/aromatic N) is 1. The fourth-order valence-corrected chi connectivity index (χ4v) is 3.67. The Morgan fingerprint density at radius 2 is 2.00 bits per heavy atom. The quantitative estimate of drug-likeness (QED) is 0.775. The maximum absolute atomic E-state index is 12.4. The van der Waals surface area contributed by atoms with Gasteiger partial charge in [-0.3, -0.25) is 4.79 Å². The predicted octanol–water partition coefficient (Wildman–Crippen LogP) is 4.35. The zero-order chi connectivity index (χ0) is 16.6. The van der Waals surface area contributed by atoms with Crippen LogP contribution in [0.5, 0.6) is 0 Å². The minimum absolute atomic E-state index is 0.0789. The molecule has 0 radical (unpaired) electrons. The first-order valence-electron chi connectivity index (χ1n) is 7.67. The lowest BCUT2D eigenvalue weighted by Crippen LogP contribution is -2.28. The molecule has 0 spiro atoms. The van der Waals surface area contributed by atoms with Crippen molar-refractivity contribution >= 4 is 27.5 Å². The molecule has 0 saturated heterocycles. The van der Waals surface area contributed by atoms with Gasteiger partial charge in [0, 0.05) is 18.0 Å². The molecule has 2 aromatic heterocycles. The molecule has 5 heteroatoms. The van der Waals surface area contributed by atoms with Crippen LogP contribution in [0.3, 0.4) is 0 Å². The Balaban J connectivity index is 1.71. The summed E-state index contributed by atoms with van der Waals surface area (Å²) in [7, 11) is 0. The number of aromatic nitrogens is 1. The van der Waals surface area contributed by atoms with E-state index in [9.17, 15) is 4.79 Å². The summed E-state index contributed by atoms with van der Waals surface area (Å²) in [5.74, 6) is 1.56. The number of amides is 1. The third kappa shape index (κ3) is 3.01. The summed E-state index contributed by atoms with van der Waals surface area (Å²) < 4.78 is 6.71. The molecule has 2 heterocycles. The third-order valence-corrected chi connectivity index (χ3v) is 5.36. The average Bonchev–Trinajstić information content (AvgIpc) is 3.06. The van der Waals surface area contributed by atoms with Crippen molar-refractivity contribution < 1.29 is 9.21 Å². The summed E-state index contributed by atoms with van der Waals surface area (Å²) in [6.07, 6.45) is 0. The van der Waals surface area contributed by atoms with Crippen molar-refractivity contribution in [3.05, 3.63) is 51.9 Å². The van der Waals surface area contributed by atoms with Crippen molar-refractivity contribution in [3.8, 4) is 0 Å². The van der Waals surface area contributed by atoms with E-state index in [0.717, 1.165) is 21.8 Å². The second-order valence-corrected chi connectivity index (χ2v) is 6.91. The van der Waals surface area contributed by atoms with Crippen LogP contribution in [0.25, 0.3) is 10.2 Å². The molecule has 0 aliphatic rings. The first kappa shape index (κ1) is 15.7. The van der Waals surface area contributed by atoms with Crippen molar-refractivity contribution in [1.82, 2.24) is 10.3 Å². The number of benzene rings is 1. The van der Waals surface area contributed by atoms with Gasteiger partial charge >= 0.3 is 0 Å². The monoisotopic (exact) mass is 328 g/mol. The number of aryl methyl sites for hydroxylation is 2. The summed E-state index contributed by atoms with van der Waals surface area (Å²) >= 11 is 1.68. The molecule has 1 N–H and O–H groups in total. The molecular weight excluding hydrogens is 308 g/mol. The van der Waals surface area contributed by atoms with Crippen LogP contribution in [0.15, 0.2) is 28.7 Å². The van der Waals surface area contributed by atoms with Crippen LogP contribution in [0.1, 0.15) is 45.3 Å². The van der Waals surface area contributed by atoms with Gasteiger partial charge in [0.15, 0.2) is 0 Å². The lowest BCUT2D eigenvalue weighted by molar-refractivity contribution is 0.0949. The van der Waals surface area contributed by atoms with Crippen molar-refractivity contribution in [1.29, 1.82) is 0 Å². The Bertz CT molecular complexity index is 830. The number of thiazole rings is 1. The number of furan rings is 1. The Morgan fingerprint density at radius 1 is 1.26 bits per heavy atom. The highest BCUT2D eigenvalue weighted by Gasteiger charge is 2.19. The zero-order valence-electron chi connectivity index (χ0n) is 13.8. The normalized spacial score (nSPS) is 12.5. The SMILES string of the molecule is Cc1oc(C)c(C(=O)NCC(C)c2nc3ccccc3s2)c1C. The van der Waals surface area contributed by atoms with E-state index in [2.05, 4.69) is 23.3 Å². The zero-order valence-corrected chi connectivity index (χ0v) is 14.6. The van der Waals surface area contributed by atoms with Gasteiger partial charge in [-0.05, 0) is 32.9 Å². The smallest absolute Gasteiger partial charge is 0.255 e. The highest BCUT2D eigenvalue weighted by molar-refractivity contribution is 7.18. The number of carbonyl (C=O) groups excluding carboxylic acids is 1. The van der Waals surface area contributed by atoms with E-state index in [-0.39, 0.29) is 11.8 Å². The van der Waals surface area contributed by atoms with Crippen molar-refractivity contribution in [2.24, 2.45) is 0 Å². The van der Waals surface area contributed by atoms with Gasteiger partial charge in [0.2, 0.25) is 0 Å². The molecule has 0 aliphatic heterocycles. The average molecular weight is 328 g/mol. The molecule has 120 valence electrons. The number of carbonyl (C=O) groups is 1. The molecule has 23 heavy (non-hydrogen) atoms. The third-order valence-electron chi connectivity index (χ3n) is 4.09. The van der Waals surface area contributed by atoms with Gasteiger partial charge in [0.1, 0.15) is 11.5 Å². The van der Waals surface area contributed by atoms with Crippen LogP contribution in [0, 0.1) is 20.8 Å². The molecule has 4 nitrogen and oxygen atoms in total. The van der Waals surface area contributed by atoms with Crippen LogP contribution in [-0.4, -0.2) is 17.4 Å². The van der Waals surface area contributed by atoms with Crippen LogP contribution in [-0.2, 0) is 0 Å². The maximum atomic E-state index is 12.4. The first-order valence-corrected chi connectivity index (χ1v) is 8.49. The van der Waals surface area contributed by atoms with E-state index >= 15 is 0 Å². The number of fused-ring (bicyclic) bond motifs is 1. The second kappa shape index (κ2) is 6.16. The standard InChI is InChI=1S/C18H20N2O2S/c1-10(18-20-14-7-5-6-8-15(14)23-18)9-19-17(21)16-11(2)12(3)22-13(16)4/h5-8,10H,9H2,1-4H3,(H,19,21). The van der Waals surface area contributed by atoms with E-state index in [0.29, 0.717) is 17.9 Å². The summed E-state index contributed by atoms with van der Waals surface area (Å²) in [4.78, 5) is 17.1. The minimum atomic E-state index is -0.0789. The van der Waals surface area contributed by atoms with Crippen molar-refractivity contribution in [3.63, 3.8) is 0 Å². The van der Waals surface area contributed by atoms with E-state index in [1.54, 1.807) is 11.3 Å². The molecule has 1 aromatic carbocycles. The number of hydrogen-bond acceptors (Lipinski definition) is 4. The number of para-hydroxylation sites is 1. The van der Waals surface area contributed by atoms with Crippen molar-refractivity contribution in [2.45, 2.75) is 33.6 Å². The van der Waals surface area contributed by atoms with Gasteiger partial charge < -0.3 is 9.73 Å². The Kier molecular flexibility index (Phi) is 4.22. The maximum Gasteiger partial charge on any atom is 0.255 e. The van der Waals surface area contributed by atoms with Gasteiger partial charge in [0.25, 0.3) is 5.91 Å². The number of rotatable bonds is 4. The number of nitrogens with one attached hydrogen (secondary N) is 1. The lowest BCUT2D eigenvalue weighted by Gasteiger charge is -2.10. The second-order valence-electron chi connectivity index (χ2n) is 5.85. The summed E-state index contributed by atoms with van der Waals surface area (Å²) in [5.41, 5.74) is 2.58. The summed E-state index contributed by atoms with van der Waals surface area (Å²) in [5, 5.41) is 4.05. The molecule has 0 aliphatic carbocycles. The minimum Gasteiger partial charge on any atom is -0.466 e. The van der Waals surface area contributed by atoms with Crippen LogP contribution in [0.4, 0.5) is 0 Å². The summed E-state index contributed by atoms with van der Waals surface area (Å²) in [6, 6.07) is 8.10. The number of hydrogen-bond donors (Lipinski definition) is 1. The highest BCUT2D eigenvalue weighted by atomic mass is 32.1. The fourth-order valence-electron chi connectivity index (χ4n) is 2.65. The van der Waals surface area contributed by atoms with Crippen molar-refractivity contribution in [2.75, 3.05) is 6.54 Å². The molecule has 0 bridgehead atoms. The molecule has 3 aromatic rings. The first-order chi connectivity index (χ1) is 11.0. The Labute approximate surface area is 139 Å². The van der Waals surface area contributed by atoms with Crippen LogP contribution in [0.2, 0.25) is 0 Å². The fraction of sp³-hybridized carbons (Fsp3) is 0.333. The van der Waals surface area contributed by atoms with Gasteiger partial charge in [0.05, 0.1) is 20.8 Å². The molecule has 3 rings (SSSR count). The van der Waals surface area contributed by atoms with E-state index in [1.807, 2.05) is 39.0 Å². The molecule has 1 atom stereocenters.